The Kier molecular flexibility index (Phi) is 9.61. The van der Waals surface area contributed by atoms with Crippen LogP contribution in [0.4, 0.5) is 23.7 Å². The predicted octanol–water partition coefficient (Wildman–Crippen LogP) is 6.93. The van der Waals surface area contributed by atoms with Crippen molar-refractivity contribution in [3.05, 3.63) is 58.7 Å². The fourth-order valence-corrected chi connectivity index (χ4v) is 5.73. The maximum atomic E-state index is 14.0. The van der Waals surface area contributed by atoms with Gasteiger partial charge in [0.15, 0.2) is 0 Å². The van der Waals surface area contributed by atoms with Crippen molar-refractivity contribution in [1.29, 1.82) is 0 Å². The van der Waals surface area contributed by atoms with E-state index in [0.29, 0.717) is 17.9 Å². The number of benzene rings is 2. The molecule has 0 aromatic heterocycles. The summed E-state index contributed by atoms with van der Waals surface area (Å²) in [5, 5.41) is 9.44. The lowest BCUT2D eigenvalue weighted by atomic mass is 9.83. The number of carboxylic acid groups (broad SMARTS) is 1. The normalized spacial score (nSPS) is 16.4. The van der Waals surface area contributed by atoms with E-state index in [1.165, 1.54) is 24.1 Å². The predicted molar refractivity (Wildman–Crippen MR) is 154 cm³/mol. The Labute approximate surface area is 249 Å². The second kappa shape index (κ2) is 12.9. The molecule has 0 unspecified atom stereocenters. The number of ether oxygens (including phenoxy) is 2. The highest BCUT2D eigenvalue weighted by Gasteiger charge is 2.38. The summed E-state index contributed by atoms with van der Waals surface area (Å²) >= 11 is 0. The number of amides is 2. The van der Waals surface area contributed by atoms with E-state index in [4.69, 9.17) is 9.47 Å². The second-order valence-electron chi connectivity index (χ2n) is 12.3. The maximum Gasteiger partial charge on any atom is 0.416 e. The van der Waals surface area contributed by atoms with E-state index in [2.05, 4.69) is 0 Å². The number of rotatable bonds is 8. The summed E-state index contributed by atoms with van der Waals surface area (Å²) in [6.45, 7) is 4.97. The molecule has 2 aliphatic rings. The number of carboxylic acids is 1. The Bertz CT molecular complexity index is 1350. The van der Waals surface area contributed by atoms with Gasteiger partial charge < -0.3 is 19.5 Å². The molecule has 1 saturated carbocycles. The summed E-state index contributed by atoms with van der Waals surface area (Å²) in [5.74, 6) is -1.32. The average Bonchev–Trinajstić information content (AvgIpc) is 3.36. The number of carbonyl (C=O) groups is 3. The first kappa shape index (κ1) is 32.2. The molecule has 2 aromatic rings. The van der Waals surface area contributed by atoms with Gasteiger partial charge in [0.1, 0.15) is 24.0 Å². The number of alkyl halides is 3. The summed E-state index contributed by atoms with van der Waals surface area (Å²) in [6.07, 6.45) is -0.542. The van der Waals surface area contributed by atoms with Gasteiger partial charge in [0.2, 0.25) is 0 Å². The van der Waals surface area contributed by atoms with Crippen LogP contribution in [0.25, 0.3) is 0 Å². The van der Waals surface area contributed by atoms with Gasteiger partial charge in [0.05, 0.1) is 12.0 Å². The summed E-state index contributed by atoms with van der Waals surface area (Å²) in [5.41, 5.74) is 0.494. The summed E-state index contributed by atoms with van der Waals surface area (Å²) in [4.78, 5) is 40.1. The van der Waals surface area contributed by atoms with Gasteiger partial charge in [-0.05, 0) is 81.3 Å². The van der Waals surface area contributed by atoms with Crippen LogP contribution in [0.2, 0.25) is 0 Å². The molecule has 0 bridgehead atoms. The van der Waals surface area contributed by atoms with Crippen molar-refractivity contribution in [2.24, 2.45) is 0 Å². The summed E-state index contributed by atoms with van der Waals surface area (Å²) < 4.78 is 53.1. The van der Waals surface area contributed by atoms with Gasteiger partial charge in [-0.3, -0.25) is 14.5 Å². The monoisotopic (exact) mass is 604 g/mol. The number of nitrogens with zero attached hydrogens (tertiary/aromatic N) is 2. The molecule has 43 heavy (non-hydrogen) atoms. The van der Waals surface area contributed by atoms with Crippen molar-refractivity contribution in [2.75, 3.05) is 18.5 Å². The molecular weight excluding hydrogens is 565 g/mol. The Morgan fingerprint density at radius 3 is 2.37 bits per heavy atom. The van der Waals surface area contributed by atoms with Crippen molar-refractivity contribution in [2.45, 2.75) is 96.1 Å². The Morgan fingerprint density at radius 1 is 1.05 bits per heavy atom. The fraction of sp³-hybridized carbons (Fsp3) is 0.531. The lowest BCUT2D eigenvalue weighted by Gasteiger charge is -2.31. The molecule has 1 aliphatic heterocycles. The zero-order valence-corrected chi connectivity index (χ0v) is 25.0. The standard InChI is InChI=1S/C32H39F3N2O6/c1-31(2,3)43-30(41)36(4)27(18-28(38)39)29(40)37-15-14-22-16-24(12-13-26(22)37)42-19-23-11-10-21(17-25(23)32(33,34)35)20-8-6-5-7-9-20/h10-13,16-17,20,27H,5-9,14-15,18-19H2,1-4H3,(H,38,39)/t27-/m1/s1. The minimum absolute atomic E-state index is 0.0473. The first-order valence-corrected chi connectivity index (χ1v) is 14.6. The molecule has 2 aromatic carbocycles. The molecule has 2 amide bonds. The zero-order valence-electron chi connectivity index (χ0n) is 25.0. The molecule has 1 fully saturated rings. The first-order chi connectivity index (χ1) is 20.1. The minimum atomic E-state index is -4.51. The third kappa shape index (κ3) is 8.00. The highest BCUT2D eigenvalue weighted by atomic mass is 19.4. The van der Waals surface area contributed by atoms with E-state index in [9.17, 15) is 32.7 Å². The van der Waals surface area contributed by atoms with Crippen LogP contribution < -0.4 is 9.64 Å². The molecule has 0 radical (unpaired) electrons. The number of carbonyl (C=O) groups excluding carboxylic acids is 2. The van der Waals surface area contributed by atoms with Gasteiger partial charge in [-0.15, -0.1) is 0 Å². The van der Waals surface area contributed by atoms with Crippen LogP contribution in [0.3, 0.4) is 0 Å². The van der Waals surface area contributed by atoms with Crippen molar-refractivity contribution >= 4 is 23.7 Å². The van der Waals surface area contributed by atoms with E-state index in [1.54, 1.807) is 45.0 Å². The van der Waals surface area contributed by atoms with E-state index in [1.807, 2.05) is 0 Å². The minimum Gasteiger partial charge on any atom is -0.489 e. The average molecular weight is 605 g/mol. The van der Waals surface area contributed by atoms with Crippen LogP contribution >= 0.6 is 0 Å². The van der Waals surface area contributed by atoms with Crippen LogP contribution in [0.5, 0.6) is 5.75 Å². The number of halogens is 3. The van der Waals surface area contributed by atoms with Crippen LogP contribution in [0, 0.1) is 0 Å². The van der Waals surface area contributed by atoms with Crippen LogP contribution in [-0.2, 0) is 33.5 Å². The van der Waals surface area contributed by atoms with Gasteiger partial charge in [0.25, 0.3) is 5.91 Å². The molecular formula is C32H39F3N2O6. The third-order valence-electron chi connectivity index (χ3n) is 7.92. The molecule has 0 saturated heterocycles. The zero-order chi connectivity index (χ0) is 31.5. The molecule has 1 heterocycles. The van der Waals surface area contributed by atoms with E-state index in [-0.39, 0.29) is 24.6 Å². The highest BCUT2D eigenvalue weighted by Crippen LogP contribution is 2.39. The molecule has 4 rings (SSSR count). The number of likely N-dealkylation sites (N-methyl/N-ethyl adjacent to an activating group) is 1. The molecule has 11 heteroatoms. The van der Waals surface area contributed by atoms with Gasteiger partial charge in [-0.25, -0.2) is 4.79 Å². The molecule has 1 aliphatic carbocycles. The van der Waals surface area contributed by atoms with Gasteiger partial charge in [0, 0.05) is 24.8 Å². The third-order valence-corrected chi connectivity index (χ3v) is 7.92. The van der Waals surface area contributed by atoms with Gasteiger partial charge in [-0.2, -0.15) is 13.2 Å². The van der Waals surface area contributed by atoms with Crippen molar-refractivity contribution in [3.63, 3.8) is 0 Å². The molecule has 8 nitrogen and oxygen atoms in total. The van der Waals surface area contributed by atoms with Crippen molar-refractivity contribution < 1.29 is 42.1 Å². The molecule has 0 spiro atoms. The van der Waals surface area contributed by atoms with Gasteiger partial charge in [-0.1, -0.05) is 31.4 Å². The van der Waals surface area contributed by atoms with Crippen LogP contribution in [0.1, 0.15) is 87.5 Å². The topological polar surface area (TPSA) is 96.4 Å². The molecule has 1 atom stereocenters. The smallest absolute Gasteiger partial charge is 0.416 e. The number of aliphatic carboxylic acids is 1. The first-order valence-electron chi connectivity index (χ1n) is 14.6. The van der Waals surface area contributed by atoms with E-state index >= 15 is 0 Å². The molecule has 234 valence electrons. The SMILES string of the molecule is CN(C(=O)OC(C)(C)C)[C@H](CC(=O)O)C(=O)N1CCc2cc(OCc3ccc(C4CCCCC4)cc3C(F)(F)F)ccc21. The second-order valence-corrected chi connectivity index (χ2v) is 12.3. The highest BCUT2D eigenvalue weighted by molar-refractivity contribution is 6.01. The lowest BCUT2D eigenvalue weighted by Crippen LogP contribution is -2.51. The van der Waals surface area contributed by atoms with E-state index < -0.39 is 47.8 Å². The number of hydrogen-bond acceptors (Lipinski definition) is 5. The van der Waals surface area contributed by atoms with E-state index in [0.717, 1.165) is 48.1 Å². The fourth-order valence-electron chi connectivity index (χ4n) is 5.73. The summed E-state index contributed by atoms with van der Waals surface area (Å²) in [7, 11) is 1.32. The Hall–Kier alpha value is -3.76. The van der Waals surface area contributed by atoms with Crippen LogP contribution in [0.15, 0.2) is 36.4 Å². The number of hydrogen-bond donors (Lipinski definition) is 1. The quantitative estimate of drug-likeness (QED) is 0.351. The van der Waals surface area contributed by atoms with Crippen molar-refractivity contribution in [3.8, 4) is 5.75 Å². The molecule has 1 N–H and O–H groups in total. The van der Waals surface area contributed by atoms with Crippen molar-refractivity contribution in [1.82, 2.24) is 4.90 Å². The maximum absolute atomic E-state index is 14.0. The lowest BCUT2D eigenvalue weighted by molar-refractivity contribution is -0.141. The number of fused-ring (bicyclic) bond motifs is 1. The largest absolute Gasteiger partial charge is 0.489 e. The summed E-state index contributed by atoms with van der Waals surface area (Å²) in [6, 6.07) is 8.11. The van der Waals surface area contributed by atoms with Crippen LogP contribution in [-0.4, -0.2) is 53.2 Å². The Balaban J connectivity index is 1.49. The van der Waals surface area contributed by atoms with Gasteiger partial charge >= 0.3 is 18.2 Å². The number of anilines is 1. The Morgan fingerprint density at radius 2 is 1.74 bits per heavy atom.